The first-order valence-electron chi connectivity index (χ1n) is 13.1. The van der Waals surface area contributed by atoms with Crippen LogP contribution in [0.2, 0.25) is 18.1 Å². The van der Waals surface area contributed by atoms with Crippen LogP contribution in [0.4, 0.5) is 16.4 Å². The number of nitrogens with zero attached hydrogens (tertiary/aromatic N) is 3. The van der Waals surface area contributed by atoms with E-state index in [4.69, 9.17) is 14.1 Å². The van der Waals surface area contributed by atoms with Gasteiger partial charge in [-0.05, 0) is 92.4 Å². The number of fused-ring (bicyclic) bond motifs is 1. The Morgan fingerprint density at radius 1 is 1.00 bits per heavy atom. The van der Waals surface area contributed by atoms with E-state index < -0.39 is 20.0 Å². The van der Waals surface area contributed by atoms with E-state index in [0.717, 1.165) is 22.6 Å². The summed E-state index contributed by atoms with van der Waals surface area (Å²) in [5.74, 6) is 0.0499. The zero-order valence-corrected chi connectivity index (χ0v) is 26.1. The first-order valence-corrected chi connectivity index (χ1v) is 16.8. The molecule has 0 aliphatic carbocycles. The van der Waals surface area contributed by atoms with E-state index in [1.807, 2.05) is 61.7 Å². The van der Waals surface area contributed by atoms with Gasteiger partial charge in [-0.1, -0.05) is 32.9 Å². The van der Waals surface area contributed by atoms with Gasteiger partial charge in [-0.15, -0.1) is 0 Å². The van der Waals surface area contributed by atoms with Crippen molar-refractivity contribution in [2.24, 2.45) is 0 Å². The number of nitrogens with one attached hydrogen (secondary N) is 2. The minimum Gasteiger partial charge on any atom is -0.444 e. The lowest BCUT2D eigenvalue weighted by molar-refractivity contribution is 0.0635. The number of imidazole rings is 1. The normalized spacial score (nSPS) is 12.4. The number of aromatic nitrogens is 3. The van der Waals surface area contributed by atoms with E-state index in [1.165, 1.54) is 0 Å². The number of carbonyl (C=O) groups excluding carboxylic acids is 2. The summed E-state index contributed by atoms with van der Waals surface area (Å²) in [6.07, 6.45) is 1.04. The van der Waals surface area contributed by atoms with Crippen LogP contribution in [0, 0.1) is 0 Å². The van der Waals surface area contributed by atoms with Gasteiger partial charge in [0.15, 0.2) is 8.32 Å². The number of amides is 2. The number of benzene rings is 2. The van der Waals surface area contributed by atoms with Crippen LogP contribution in [-0.4, -0.2) is 39.8 Å². The molecular formula is C29H37N5O4SSi. The lowest BCUT2D eigenvalue weighted by atomic mass is 10.2. The molecule has 4 aromatic rings. The molecule has 4 rings (SSSR count). The smallest absolute Gasteiger partial charge is 0.412 e. The van der Waals surface area contributed by atoms with Crippen LogP contribution in [0.1, 0.15) is 56.8 Å². The fourth-order valence-corrected chi connectivity index (χ4v) is 5.13. The highest BCUT2D eigenvalue weighted by Crippen LogP contribution is 2.37. The lowest BCUT2D eigenvalue weighted by Crippen LogP contribution is -2.40. The molecule has 40 heavy (non-hydrogen) atoms. The van der Waals surface area contributed by atoms with Crippen molar-refractivity contribution in [2.45, 2.75) is 71.9 Å². The fraction of sp³-hybridized carbons (Fsp3) is 0.379. The van der Waals surface area contributed by atoms with Gasteiger partial charge < -0.3 is 9.16 Å². The maximum atomic E-state index is 13.0. The molecule has 0 saturated heterocycles. The molecule has 0 aliphatic heterocycles. The van der Waals surface area contributed by atoms with Gasteiger partial charge in [0.1, 0.15) is 10.5 Å². The lowest BCUT2D eigenvalue weighted by Gasteiger charge is -2.36. The van der Waals surface area contributed by atoms with Crippen LogP contribution in [0.25, 0.3) is 16.7 Å². The van der Waals surface area contributed by atoms with Crippen molar-refractivity contribution in [3.05, 3.63) is 65.2 Å². The Kier molecular flexibility index (Phi) is 8.20. The Morgan fingerprint density at radius 3 is 2.40 bits per heavy atom. The Labute approximate surface area is 240 Å². The molecule has 0 spiro atoms. The highest BCUT2D eigenvalue weighted by molar-refractivity contribution is 7.08. The standard InChI is InChI=1S/C29H37N5O4SSi/c1-28(2,3)38-27(36)31-20-10-9-11-21(17-20)34-23-13-12-19(18-37-40(7,8)29(4,5)6)16-22(23)32-26(34)33-25(35)24-14-15-30-39-24/h9-17H,18H2,1-8H3,(H,31,36)(H,32,33,35). The molecular weight excluding hydrogens is 543 g/mol. The minimum atomic E-state index is -1.93. The summed E-state index contributed by atoms with van der Waals surface area (Å²) in [6, 6.07) is 14.9. The number of hydrogen-bond acceptors (Lipinski definition) is 7. The van der Waals surface area contributed by atoms with Gasteiger partial charge >= 0.3 is 6.09 Å². The fourth-order valence-electron chi connectivity index (χ4n) is 3.68. The maximum absolute atomic E-state index is 13.0. The second-order valence-corrected chi connectivity index (χ2v) is 17.8. The van der Waals surface area contributed by atoms with Gasteiger partial charge in [-0.25, -0.2) is 14.2 Å². The molecule has 0 radical (unpaired) electrons. The van der Waals surface area contributed by atoms with E-state index >= 15 is 0 Å². The summed E-state index contributed by atoms with van der Waals surface area (Å²) >= 11 is 1.11. The van der Waals surface area contributed by atoms with Crippen molar-refractivity contribution in [3.8, 4) is 5.69 Å². The van der Waals surface area contributed by atoms with Crippen molar-refractivity contribution in [1.82, 2.24) is 13.9 Å². The zero-order valence-electron chi connectivity index (χ0n) is 24.3. The van der Waals surface area contributed by atoms with Crippen LogP contribution in [0.3, 0.4) is 0 Å². The average molecular weight is 580 g/mol. The molecule has 9 nitrogen and oxygen atoms in total. The van der Waals surface area contributed by atoms with Gasteiger partial charge in [0, 0.05) is 11.9 Å². The molecule has 0 bridgehead atoms. The first-order chi connectivity index (χ1) is 18.6. The summed E-state index contributed by atoms with van der Waals surface area (Å²) in [7, 11) is -1.93. The van der Waals surface area contributed by atoms with Crippen LogP contribution in [0.15, 0.2) is 54.7 Å². The van der Waals surface area contributed by atoms with Crippen LogP contribution >= 0.6 is 11.5 Å². The summed E-state index contributed by atoms with van der Waals surface area (Å²) < 4.78 is 17.7. The predicted molar refractivity (Wildman–Crippen MR) is 163 cm³/mol. The van der Waals surface area contributed by atoms with Gasteiger partial charge in [-0.2, -0.15) is 0 Å². The van der Waals surface area contributed by atoms with E-state index in [-0.39, 0.29) is 10.9 Å². The van der Waals surface area contributed by atoms with Crippen LogP contribution in [0.5, 0.6) is 0 Å². The van der Waals surface area contributed by atoms with Crippen molar-refractivity contribution in [3.63, 3.8) is 0 Å². The van der Waals surface area contributed by atoms with Gasteiger partial charge in [0.25, 0.3) is 5.91 Å². The van der Waals surface area contributed by atoms with Crippen molar-refractivity contribution >= 4 is 54.5 Å². The largest absolute Gasteiger partial charge is 0.444 e. The second kappa shape index (κ2) is 11.1. The summed E-state index contributed by atoms with van der Waals surface area (Å²) in [5, 5.41) is 5.82. The van der Waals surface area contributed by atoms with Crippen LogP contribution < -0.4 is 10.6 Å². The molecule has 2 heterocycles. The van der Waals surface area contributed by atoms with Gasteiger partial charge in [-0.3, -0.25) is 20.0 Å². The highest BCUT2D eigenvalue weighted by Gasteiger charge is 2.37. The topological polar surface area (TPSA) is 107 Å². The zero-order chi connectivity index (χ0) is 29.3. The Bertz CT molecular complexity index is 1520. The summed E-state index contributed by atoms with van der Waals surface area (Å²) in [6.45, 7) is 17.0. The van der Waals surface area contributed by atoms with Crippen molar-refractivity contribution in [2.75, 3.05) is 10.6 Å². The molecule has 11 heteroatoms. The molecule has 2 aromatic heterocycles. The van der Waals surface area contributed by atoms with E-state index in [1.54, 1.807) is 18.3 Å². The molecule has 0 atom stereocenters. The quantitative estimate of drug-likeness (QED) is 0.218. The first kappa shape index (κ1) is 29.4. The SMILES string of the molecule is CC(C)(C)OC(=O)Nc1cccc(-n2c(NC(=O)c3ccns3)nc3cc(CO[Si](C)(C)C(C)(C)C)ccc32)c1. The highest BCUT2D eigenvalue weighted by atomic mass is 32.1. The molecule has 2 amide bonds. The number of hydrogen-bond donors (Lipinski definition) is 2. The van der Waals surface area contributed by atoms with Gasteiger partial charge in [0.2, 0.25) is 5.95 Å². The van der Waals surface area contributed by atoms with E-state index in [0.29, 0.717) is 34.3 Å². The number of rotatable bonds is 7. The Balaban J connectivity index is 1.71. The molecule has 0 unspecified atom stereocenters. The minimum absolute atomic E-state index is 0.102. The van der Waals surface area contributed by atoms with Crippen molar-refractivity contribution < 1.29 is 18.8 Å². The molecule has 0 fully saturated rings. The maximum Gasteiger partial charge on any atom is 0.412 e. The second-order valence-electron chi connectivity index (χ2n) is 12.2. The van der Waals surface area contributed by atoms with Crippen molar-refractivity contribution in [1.29, 1.82) is 0 Å². The third kappa shape index (κ3) is 6.96. The van der Waals surface area contributed by atoms with Gasteiger partial charge in [0.05, 0.1) is 23.3 Å². The van der Waals surface area contributed by atoms with E-state index in [9.17, 15) is 9.59 Å². The average Bonchev–Trinajstić information content (AvgIpc) is 3.49. The molecule has 2 N–H and O–H groups in total. The third-order valence-electron chi connectivity index (χ3n) is 6.76. The van der Waals surface area contributed by atoms with E-state index in [2.05, 4.69) is 48.9 Å². The third-order valence-corrected chi connectivity index (χ3v) is 12.0. The number of ether oxygens (including phenoxy) is 1. The predicted octanol–water partition coefficient (Wildman–Crippen LogP) is 7.60. The number of carbonyl (C=O) groups is 2. The Morgan fingerprint density at radius 2 is 1.75 bits per heavy atom. The molecule has 2 aromatic carbocycles. The summed E-state index contributed by atoms with van der Waals surface area (Å²) in [4.78, 5) is 30.6. The Hall–Kier alpha value is -3.54. The van der Waals surface area contributed by atoms with Crippen LogP contribution in [-0.2, 0) is 15.8 Å². The number of anilines is 2. The molecule has 0 aliphatic rings. The molecule has 212 valence electrons. The monoisotopic (exact) mass is 579 g/mol. The molecule has 0 saturated carbocycles. The summed E-state index contributed by atoms with van der Waals surface area (Å²) in [5.41, 5.74) is 3.14.